The standard InChI is InChI=1S/C26H21F7O/c1-2-3-15-6-10-19(25(30)23(15)28)16-7-11-20-17(12-16)13-21(27)22(24(20)29)14-4-8-18(9-5-14)34-26(31,32)33/h4-6,8-10,13,16H,2-3,7,11-12H2,1H3. The Morgan fingerprint density at radius 3 is 2.26 bits per heavy atom. The van der Waals surface area contributed by atoms with Gasteiger partial charge in [0.1, 0.15) is 17.4 Å². The smallest absolute Gasteiger partial charge is 0.406 e. The molecule has 0 fully saturated rings. The van der Waals surface area contributed by atoms with E-state index in [1.165, 1.54) is 6.07 Å². The minimum absolute atomic E-state index is 0.0640. The Hall–Kier alpha value is -3.03. The van der Waals surface area contributed by atoms with E-state index in [4.69, 9.17) is 0 Å². The molecule has 3 aromatic carbocycles. The highest BCUT2D eigenvalue weighted by Crippen LogP contribution is 2.40. The first kappa shape index (κ1) is 24.1. The van der Waals surface area contributed by atoms with Crippen molar-refractivity contribution in [3.63, 3.8) is 0 Å². The van der Waals surface area contributed by atoms with Gasteiger partial charge in [-0.05, 0) is 77.6 Å². The molecule has 1 nitrogen and oxygen atoms in total. The summed E-state index contributed by atoms with van der Waals surface area (Å²) in [5.41, 5.74) is 0.837. The van der Waals surface area contributed by atoms with Gasteiger partial charge in [-0.3, -0.25) is 0 Å². The fraction of sp³-hybridized carbons (Fsp3) is 0.308. The van der Waals surface area contributed by atoms with Gasteiger partial charge in [-0.1, -0.05) is 37.6 Å². The van der Waals surface area contributed by atoms with Crippen molar-refractivity contribution in [1.82, 2.24) is 0 Å². The zero-order chi connectivity index (χ0) is 24.6. The van der Waals surface area contributed by atoms with Gasteiger partial charge in [0, 0.05) is 0 Å². The van der Waals surface area contributed by atoms with Gasteiger partial charge in [-0.15, -0.1) is 13.2 Å². The van der Waals surface area contributed by atoms with E-state index in [1.54, 1.807) is 12.1 Å². The third kappa shape index (κ3) is 4.76. The van der Waals surface area contributed by atoms with E-state index in [0.717, 1.165) is 24.3 Å². The summed E-state index contributed by atoms with van der Waals surface area (Å²) in [7, 11) is 0. The molecule has 0 spiro atoms. The topological polar surface area (TPSA) is 9.23 Å². The van der Waals surface area contributed by atoms with Gasteiger partial charge in [0.05, 0.1) is 5.56 Å². The molecular weight excluding hydrogens is 461 g/mol. The first-order chi connectivity index (χ1) is 16.1. The summed E-state index contributed by atoms with van der Waals surface area (Å²) >= 11 is 0. The molecule has 3 aromatic rings. The van der Waals surface area contributed by atoms with Crippen LogP contribution in [0, 0.1) is 23.3 Å². The Labute approximate surface area is 192 Å². The highest BCUT2D eigenvalue weighted by Gasteiger charge is 2.32. The lowest BCUT2D eigenvalue weighted by molar-refractivity contribution is -0.274. The molecule has 1 unspecified atom stereocenters. The second kappa shape index (κ2) is 9.31. The maximum absolute atomic E-state index is 15.3. The highest BCUT2D eigenvalue weighted by molar-refractivity contribution is 5.67. The lowest BCUT2D eigenvalue weighted by Crippen LogP contribution is -2.17. The van der Waals surface area contributed by atoms with Crippen molar-refractivity contribution in [2.45, 2.75) is 51.3 Å². The number of hydrogen-bond acceptors (Lipinski definition) is 1. The van der Waals surface area contributed by atoms with Crippen LogP contribution in [0.4, 0.5) is 30.7 Å². The number of alkyl halides is 3. The quantitative estimate of drug-likeness (QED) is 0.335. The predicted octanol–water partition coefficient (Wildman–Crippen LogP) is 8.03. The second-order valence-electron chi connectivity index (χ2n) is 8.39. The SMILES string of the molecule is CCCc1ccc(C2CCc3c(cc(F)c(-c4ccc(OC(F)(F)F)cc4)c3F)C2)c(F)c1F. The van der Waals surface area contributed by atoms with E-state index in [2.05, 4.69) is 4.74 Å². The van der Waals surface area contributed by atoms with Gasteiger partial charge in [0.15, 0.2) is 11.6 Å². The average molecular weight is 482 g/mol. The summed E-state index contributed by atoms with van der Waals surface area (Å²) in [6, 6.07) is 8.54. The molecule has 0 heterocycles. The lowest BCUT2D eigenvalue weighted by atomic mass is 9.78. The zero-order valence-corrected chi connectivity index (χ0v) is 18.2. The number of rotatable bonds is 5. The fourth-order valence-electron chi connectivity index (χ4n) is 4.58. The minimum Gasteiger partial charge on any atom is -0.406 e. The summed E-state index contributed by atoms with van der Waals surface area (Å²) in [5, 5.41) is 0. The Morgan fingerprint density at radius 2 is 1.62 bits per heavy atom. The zero-order valence-electron chi connectivity index (χ0n) is 18.2. The summed E-state index contributed by atoms with van der Waals surface area (Å²) in [6.07, 6.45) is -3.11. The van der Waals surface area contributed by atoms with E-state index in [-0.39, 0.29) is 35.1 Å². The molecule has 4 rings (SSSR count). The third-order valence-electron chi connectivity index (χ3n) is 6.15. The van der Waals surface area contributed by atoms with Crippen LogP contribution >= 0.6 is 0 Å². The van der Waals surface area contributed by atoms with Crippen molar-refractivity contribution in [2.24, 2.45) is 0 Å². The van der Waals surface area contributed by atoms with Gasteiger partial charge >= 0.3 is 6.36 Å². The minimum atomic E-state index is -4.88. The molecule has 0 bridgehead atoms. The van der Waals surface area contributed by atoms with E-state index >= 15 is 4.39 Å². The maximum atomic E-state index is 15.3. The Bertz CT molecular complexity index is 1200. The Balaban J connectivity index is 1.63. The molecule has 1 atom stereocenters. The van der Waals surface area contributed by atoms with Gasteiger partial charge in [-0.25, -0.2) is 17.6 Å². The molecule has 1 aliphatic rings. The van der Waals surface area contributed by atoms with Crippen LogP contribution in [0.25, 0.3) is 11.1 Å². The maximum Gasteiger partial charge on any atom is 0.573 e. The van der Waals surface area contributed by atoms with E-state index in [0.29, 0.717) is 30.4 Å². The molecule has 0 saturated carbocycles. The Kier molecular flexibility index (Phi) is 6.60. The molecule has 180 valence electrons. The first-order valence-electron chi connectivity index (χ1n) is 10.9. The number of benzene rings is 3. The molecule has 0 N–H and O–H groups in total. The van der Waals surface area contributed by atoms with Crippen LogP contribution in [0.1, 0.15) is 47.9 Å². The van der Waals surface area contributed by atoms with Gasteiger partial charge in [-0.2, -0.15) is 0 Å². The highest BCUT2D eigenvalue weighted by atomic mass is 19.4. The molecule has 1 aliphatic carbocycles. The summed E-state index contributed by atoms with van der Waals surface area (Å²) in [5.74, 6) is -4.42. The van der Waals surface area contributed by atoms with Crippen molar-refractivity contribution < 1.29 is 35.5 Å². The van der Waals surface area contributed by atoms with Crippen LogP contribution in [-0.4, -0.2) is 6.36 Å². The van der Waals surface area contributed by atoms with Gasteiger partial charge in [0.2, 0.25) is 0 Å². The van der Waals surface area contributed by atoms with Crippen LogP contribution in [0.15, 0.2) is 42.5 Å². The number of fused-ring (bicyclic) bond motifs is 1. The summed E-state index contributed by atoms with van der Waals surface area (Å²) < 4.78 is 100. The lowest BCUT2D eigenvalue weighted by Gasteiger charge is -2.27. The molecule has 0 aliphatic heterocycles. The number of aryl methyl sites for hydroxylation is 1. The van der Waals surface area contributed by atoms with Gasteiger partial charge in [0.25, 0.3) is 0 Å². The van der Waals surface area contributed by atoms with Crippen molar-refractivity contribution in [3.05, 3.63) is 88.0 Å². The number of ether oxygens (including phenoxy) is 1. The molecule has 8 heteroatoms. The largest absolute Gasteiger partial charge is 0.573 e. The summed E-state index contributed by atoms with van der Waals surface area (Å²) in [4.78, 5) is 0. The molecular formula is C26H21F7O. The van der Waals surface area contributed by atoms with Crippen LogP contribution in [0.2, 0.25) is 0 Å². The average Bonchev–Trinajstić information content (AvgIpc) is 2.77. The van der Waals surface area contributed by atoms with Gasteiger partial charge < -0.3 is 4.74 Å². The van der Waals surface area contributed by atoms with Crippen molar-refractivity contribution in [3.8, 4) is 16.9 Å². The monoisotopic (exact) mass is 482 g/mol. The first-order valence-corrected chi connectivity index (χ1v) is 10.9. The normalized spacial score (nSPS) is 15.8. The molecule has 0 aromatic heterocycles. The van der Waals surface area contributed by atoms with E-state index in [9.17, 15) is 26.3 Å². The molecule has 0 amide bonds. The van der Waals surface area contributed by atoms with Crippen molar-refractivity contribution in [1.29, 1.82) is 0 Å². The van der Waals surface area contributed by atoms with E-state index < -0.39 is 41.3 Å². The van der Waals surface area contributed by atoms with Crippen molar-refractivity contribution in [2.75, 3.05) is 0 Å². The van der Waals surface area contributed by atoms with Crippen molar-refractivity contribution >= 4 is 0 Å². The number of hydrogen-bond donors (Lipinski definition) is 0. The molecule has 0 saturated heterocycles. The van der Waals surface area contributed by atoms with Crippen LogP contribution in [-0.2, 0) is 19.3 Å². The van der Waals surface area contributed by atoms with Crippen LogP contribution < -0.4 is 4.74 Å². The Morgan fingerprint density at radius 1 is 0.912 bits per heavy atom. The van der Waals surface area contributed by atoms with Crippen LogP contribution in [0.3, 0.4) is 0 Å². The molecule has 0 radical (unpaired) electrons. The second-order valence-corrected chi connectivity index (χ2v) is 8.39. The summed E-state index contributed by atoms with van der Waals surface area (Å²) in [6.45, 7) is 1.87. The third-order valence-corrected chi connectivity index (χ3v) is 6.15. The predicted molar refractivity (Wildman–Crippen MR) is 114 cm³/mol. The fourth-order valence-corrected chi connectivity index (χ4v) is 4.58. The van der Waals surface area contributed by atoms with E-state index in [1.807, 2.05) is 6.92 Å². The number of halogens is 7. The van der Waals surface area contributed by atoms with Crippen LogP contribution in [0.5, 0.6) is 5.75 Å². The molecule has 34 heavy (non-hydrogen) atoms.